The molecule has 0 bridgehead atoms. The second-order valence-electron chi connectivity index (χ2n) is 3.94. The van der Waals surface area contributed by atoms with Gasteiger partial charge in [0.1, 0.15) is 6.04 Å². The van der Waals surface area contributed by atoms with Crippen molar-refractivity contribution in [1.82, 2.24) is 9.03 Å². The number of nitrogens with zero attached hydrogens (tertiary/aromatic N) is 1. The standard InChI is InChI=1S/C8H16N2O4S/c1-6(2)7(8(11)12)9-15(13,14)10-4-3-5-10/h6-7,9H,3-5H2,1-2H3,(H,11,12)/t7-/m1/s1. The quantitative estimate of drug-likeness (QED) is 0.682. The van der Waals surface area contributed by atoms with E-state index in [0.717, 1.165) is 6.42 Å². The van der Waals surface area contributed by atoms with Crippen LogP contribution in [0, 0.1) is 5.92 Å². The number of rotatable bonds is 5. The lowest BCUT2D eigenvalue weighted by molar-refractivity contribution is -0.140. The van der Waals surface area contributed by atoms with Gasteiger partial charge in [-0.25, -0.2) is 0 Å². The van der Waals surface area contributed by atoms with Crippen LogP contribution in [0.2, 0.25) is 0 Å². The van der Waals surface area contributed by atoms with Crippen LogP contribution >= 0.6 is 0 Å². The molecule has 0 aromatic carbocycles. The Hall–Kier alpha value is -0.660. The largest absolute Gasteiger partial charge is 0.480 e. The highest BCUT2D eigenvalue weighted by atomic mass is 32.2. The molecule has 7 heteroatoms. The van der Waals surface area contributed by atoms with E-state index in [0.29, 0.717) is 13.1 Å². The van der Waals surface area contributed by atoms with E-state index in [-0.39, 0.29) is 5.92 Å². The van der Waals surface area contributed by atoms with Crippen LogP contribution in [-0.2, 0) is 15.0 Å². The first-order chi connectivity index (χ1) is 6.84. The van der Waals surface area contributed by atoms with Crippen LogP contribution in [0.3, 0.4) is 0 Å². The van der Waals surface area contributed by atoms with E-state index in [2.05, 4.69) is 4.72 Å². The number of carboxylic acid groups (broad SMARTS) is 1. The summed E-state index contributed by atoms with van der Waals surface area (Å²) in [4.78, 5) is 10.8. The summed E-state index contributed by atoms with van der Waals surface area (Å²) in [5, 5.41) is 8.83. The Balaban J connectivity index is 2.69. The summed E-state index contributed by atoms with van der Waals surface area (Å²) in [6.45, 7) is 4.27. The first-order valence-electron chi connectivity index (χ1n) is 4.85. The van der Waals surface area contributed by atoms with Crippen molar-refractivity contribution in [2.75, 3.05) is 13.1 Å². The minimum Gasteiger partial charge on any atom is -0.480 e. The van der Waals surface area contributed by atoms with Crippen molar-refractivity contribution < 1.29 is 18.3 Å². The van der Waals surface area contributed by atoms with E-state index < -0.39 is 22.2 Å². The fourth-order valence-corrected chi connectivity index (χ4v) is 2.82. The van der Waals surface area contributed by atoms with Gasteiger partial charge < -0.3 is 5.11 Å². The molecule has 0 amide bonds. The Labute approximate surface area is 89.4 Å². The zero-order valence-corrected chi connectivity index (χ0v) is 9.62. The number of nitrogens with one attached hydrogen (secondary N) is 1. The van der Waals surface area contributed by atoms with Gasteiger partial charge in [0.25, 0.3) is 10.2 Å². The molecule has 0 unspecified atom stereocenters. The molecule has 1 aliphatic rings. The van der Waals surface area contributed by atoms with Gasteiger partial charge in [0.2, 0.25) is 0 Å². The van der Waals surface area contributed by atoms with Crippen molar-refractivity contribution in [1.29, 1.82) is 0 Å². The second-order valence-corrected chi connectivity index (χ2v) is 5.64. The normalized spacial score (nSPS) is 19.9. The molecule has 0 aromatic heterocycles. The molecule has 1 heterocycles. The number of carbonyl (C=O) groups is 1. The molecule has 15 heavy (non-hydrogen) atoms. The molecule has 0 saturated carbocycles. The number of hydrogen-bond donors (Lipinski definition) is 2. The molecule has 2 N–H and O–H groups in total. The van der Waals surface area contributed by atoms with Crippen LogP contribution in [0.5, 0.6) is 0 Å². The molecule has 88 valence electrons. The first kappa shape index (κ1) is 12.4. The molecule has 6 nitrogen and oxygen atoms in total. The second kappa shape index (κ2) is 4.46. The fraction of sp³-hybridized carbons (Fsp3) is 0.875. The number of hydrogen-bond acceptors (Lipinski definition) is 3. The van der Waals surface area contributed by atoms with E-state index in [1.165, 1.54) is 4.31 Å². The highest BCUT2D eigenvalue weighted by molar-refractivity contribution is 7.87. The Morgan fingerprint density at radius 2 is 1.93 bits per heavy atom. The SMILES string of the molecule is CC(C)[C@@H](NS(=O)(=O)N1CCC1)C(=O)O. The lowest BCUT2D eigenvalue weighted by Gasteiger charge is -2.31. The minimum absolute atomic E-state index is 0.279. The van der Waals surface area contributed by atoms with E-state index in [4.69, 9.17) is 5.11 Å². The van der Waals surface area contributed by atoms with Gasteiger partial charge in [0, 0.05) is 13.1 Å². The van der Waals surface area contributed by atoms with Crippen molar-refractivity contribution in [3.05, 3.63) is 0 Å². The third-order valence-electron chi connectivity index (χ3n) is 2.36. The fourth-order valence-electron chi connectivity index (χ4n) is 1.23. The van der Waals surface area contributed by atoms with Gasteiger partial charge in [0.05, 0.1) is 0 Å². The molecule has 0 radical (unpaired) electrons. The van der Waals surface area contributed by atoms with Crippen LogP contribution in [0.15, 0.2) is 0 Å². The third kappa shape index (κ3) is 2.90. The Kier molecular flexibility index (Phi) is 3.69. The summed E-state index contributed by atoms with van der Waals surface area (Å²) in [5.74, 6) is -1.42. The van der Waals surface area contributed by atoms with Gasteiger partial charge in [-0.3, -0.25) is 4.79 Å². The maximum atomic E-state index is 11.6. The van der Waals surface area contributed by atoms with Crippen LogP contribution in [0.4, 0.5) is 0 Å². The van der Waals surface area contributed by atoms with Gasteiger partial charge >= 0.3 is 5.97 Å². The lowest BCUT2D eigenvalue weighted by Crippen LogP contribution is -2.54. The molecule has 0 aromatic rings. The maximum absolute atomic E-state index is 11.6. The molecule has 1 atom stereocenters. The summed E-state index contributed by atoms with van der Waals surface area (Å²) in [6.07, 6.45) is 0.834. The highest BCUT2D eigenvalue weighted by Crippen LogP contribution is 2.13. The molecule has 1 rings (SSSR count). The molecule has 1 fully saturated rings. The molecule has 0 spiro atoms. The summed E-state index contributed by atoms with van der Waals surface area (Å²) >= 11 is 0. The van der Waals surface area contributed by atoms with Crippen LogP contribution < -0.4 is 4.72 Å². The summed E-state index contributed by atoms with van der Waals surface area (Å²) in [6, 6.07) is -1.06. The predicted octanol–water partition coefficient (Wildman–Crippen LogP) is -0.364. The predicted molar refractivity (Wildman–Crippen MR) is 54.5 cm³/mol. The Bertz CT molecular complexity index is 335. The van der Waals surface area contributed by atoms with Crippen molar-refractivity contribution in [3.8, 4) is 0 Å². The topological polar surface area (TPSA) is 86.7 Å². The average molecular weight is 236 g/mol. The van der Waals surface area contributed by atoms with Crippen LogP contribution in [0.1, 0.15) is 20.3 Å². The number of carboxylic acids is 1. The van der Waals surface area contributed by atoms with Gasteiger partial charge in [-0.2, -0.15) is 17.4 Å². The molecular weight excluding hydrogens is 220 g/mol. The molecular formula is C8H16N2O4S. The summed E-state index contributed by atoms with van der Waals surface area (Å²) in [5.41, 5.74) is 0. The summed E-state index contributed by atoms with van der Waals surface area (Å²) < 4.78 is 26.6. The summed E-state index contributed by atoms with van der Waals surface area (Å²) in [7, 11) is -3.61. The van der Waals surface area contributed by atoms with Gasteiger partial charge in [-0.05, 0) is 12.3 Å². The average Bonchev–Trinajstić information content (AvgIpc) is 1.94. The van der Waals surface area contributed by atoms with Crippen LogP contribution in [-0.4, -0.2) is 42.9 Å². The van der Waals surface area contributed by atoms with E-state index in [1.807, 2.05) is 0 Å². The molecule has 1 aliphatic heterocycles. The van der Waals surface area contributed by atoms with Crippen molar-refractivity contribution in [2.24, 2.45) is 5.92 Å². The van der Waals surface area contributed by atoms with Crippen LogP contribution in [0.25, 0.3) is 0 Å². The lowest BCUT2D eigenvalue weighted by atomic mass is 10.1. The zero-order valence-electron chi connectivity index (χ0n) is 8.80. The molecule has 1 saturated heterocycles. The van der Waals surface area contributed by atoms with E-state index in [1.54, 1.807) is 13.8 Å². The van der Waals surface area contributed by atoms with Crippen molar-refractivity contribution in [3.63, 3.8) is 0 Å². The van der Waals surface area contributed by atoms with Gasteiger partial charge in [-0.15, -0.1) is 0 Å². The minimum atomic E-state index is -3.61. The Morgan fingerprint density at radius 3 is 2.20 bits per heavy atom. The van der Waals surface area contributed by atoms with Crippen molar-refractivity contribution in [2.45, 2.75) is 26.3 Å². The maximum Gasteiger partial charge on any atom is 0.322 e. The third-order valence-corrected chi connectivity index (χ3v) is 3.96. The van der Waals surface area contributed by atoms with Gasteiger partial charge in [0.15, 0.2) is 0 Å². The zero-order chi connectivity index (χ0) is 11.6. The molecule has 0 aliphatic carbocycles. The van der Waals surface area contributed by atoms with E-state index >= 15 is 0 Å². The highest BCUT2D eigenvalue weighted by Gasteiger charge is 2.33. The van der Waals surface area contributed by atoms with Crippen molar-refractivity contribution >= 4 is 16.2 Å². The van der Waals surface area contributed by atoms with Gasteiger partial charge in [-0.1, -0.05) is 13.8 Å². The smallest absolute Gasteiger partial charge is 0.322 e. The Morgan fingerprint density at radius 1 is 1.40 bits per heavy atom. The van der Waals surface area contributed by atoms with E-state index in [9.17, 15) is 13.2 Å². The number of aliphatic carboxylic acids is 1. The monoisotopic (exact) mass is 236 g/mol. The first-order valence-corrected chi connectivity index (χ1v) is 6.29.